The van der Waals surface area contributed by atoms with Crippen LogP contribution in [0.2, 0.25) is 0 Å². The van der Waals surface area contributed by atoms with E-state index in [1.807, 2.05) is 0 Å². The summed E-state index contributed by atoms with van der Waals surface area (Å²) in [5, 5.41) is 22.5. The van der Waals surface area contributed by atoms with Gasteiger partial charge < -0.3 is 15.2 Å². The quantitative estimate of drug-likeness (QED) is 0.876. The van der Waals surface area contributed by atoms with Gasteiger partial charge in [0.25, 0.3) is 0 Å². The molecule has 2 rings (SSSR count). The Labute approximate surface area is 109 Å². The molecular formula is C13H14F2N2O2. The SMILES string of the molecule is N#Cc1ccc(C2(O)CCNCC2)cc1OC(F)F. The van der Waals surface area contributed by atoms with Crippen LogP contribution in [0.25, 0.3) is 0 Å². The van der Waals surface area contributed by atoms with Crippen molar-refractivity contribution in [1.29, 1.82) is 5.26 Å². The number of halogens is 2. The van der Waals surface area contributed by atoms with Crippen molar-refractivity contribution in [2.45, 2.75) is 25.1 Å². The summed E-state index contributed by atoms with van der Waals surface area (Å²) in [6.45, 7) is -1.69. The van der Waals surface area contributed by atoms with Crippen molar-refractivity contribution < 1.29 is 18.6 Å². The summed E-state index contributed by atoms with van der Waals surface area (Å²) >= 11 is 0. The molecule has 1 heterocycles. The molecule has 1 saturated heterocycles. The van der Waals surface area contributed by atoms with Gasteiger partial charge in [-0.3, -0.25) is 0 Å². The normalized spacial score (nSPS) is 18.1. The van der Waals surface area contributed by atoms with Gasteiger partial charge >= 0.3 is 6.61 Å². The van der Waals surface area contributed by atoms with E-state index in [4.69, 9.17) is 5.26 Å². The summed E-state index contributed by atoms with van der Waals surface area (Å²) in [5.74, 6) is -0.193. The maximum absolute atomic E-state index is 12.3. The fraction of sp³-hybridized carbons (Fsp3) is 0.462. The number of benzene rings is 1. The molecule has 0 spiro atoms. The second kappa shape index (κ2) is 5.51. The van der Waals surface area contributed by atoms with Gasteiger partial charge in [-0.15, -0.1) is 0 Å². The monoisotopic (exact) mass is 268 g/mol. The average molecular weight is 268 g/mol. The molecule has 0 saturated carbocycles. The summed E-state index contributed by atoms with van der Waals surface area (Å²) in [5.41, 5.74) is -0.523. The van der Waals surface area contributed by atoms with Crippen molar-refractivity contribution in [3.05, 3.63) is 29.3 Å². The van der Waals surface area contributed by atoms with Gasteiger partial charge in [-0.2, -0.15) is 14.0 Å². The Morgan fingerprint density at radius 1 is 1.37 bits per heavy atom. The Kier molecular flexibility index (Phi) is 3.98. The maximum atomic E-state index is 12.3. The number of piperidine rings is 1. The van der Waals surface area contributed by atoms with Crippen LogP contribution in [0.1, 0.15) is 24.0 Å². The van der Waals surface area contributed by atoms with E-state index in [1.165, 1.54) is 12.1 Å². The van der Waals surface area contributed by atoms with Crippen molar-refractivity contribution in [1.82, 2.24) is 5.32 Å². The van der Waals surface area contributed by atoms with E-state index in [1.54, 1.807) is 12.1 Å². The van der Waals surface area contributed by atoms with Gasteiger partial charge in [0.1, 0.15) is 11.8 Å². The number of hydrogen-bond acceptors (Lipinski definition) is 4. The Morgan fingerprint density at radius 2 is 2.05 bits per heavy atom. The van der Waals surface area contributed by atoms with Crippen LogP contribution in [0.5, 0.6) is 5.75 Å². The lowest BCUT2D eigenvalue weighted by molar-refractivity contribution is -0.0507. The zero-order valence-electron chi connectivity index (χ0n) is 10.2. The molecule has 102 valence electrons. The Hall–Kier alpha value is -1.71. The Balaban J connectivity index is 2.34. The molecule has 4 nitrogen and oxygen atoms in total. The zero-order valence-corrected chi connectivity index (χ0v) is 10.2. The van der Waals surface area contributed by atoms with E-state index in [0.29, 0.717) is 31.5 Å². The predicted octanol–water partition coefficient (Wildman–Crippen LogP) is 1.73. The molecule has 0 amide bonds. The lowest BCUT2D eigenvalue weighted by Crippen LogP contribution is -2.39. The van der Waals surface area contributed by atoms with Crippen LogP contribution in [0.15, 0.2) is 18.2 Å². The molecule has 0 unspecified atom stereocenters. The first-order chi connectivity index (χ1) is 9.05. The smallest absolute Gasteiger partial charge is 0.387 e. The van der Waals surface area contributed by atoms with Crippen molar-refractivity contribution >= 4 is 0 Å². The third-order valence-corrected chi connectivity index (χ3v) is 3.29. The highest BCUT2D eigenvalue weighted by Crippen LogP contribution is 2.34. The van der Waals surface area contributed by atoms with Gasteiger partial charge in [0, 0.05) is 0 Å². The van der Waals surface area contributed by atoms with Crippen molar-refractivity contribution in [2.75, 3.05) is 13.1 Å². The summed E-state index contributed by atoms with van der Waals surface area (Å²) in [6.07, 6.45) is 0.986. The van der Waals surface area contributed by atoms with E-state index in [2.05, 4.69) is 10.1 Å². The topological polar surface area (TPSA) is 65.3 Å². The third-order valence-electron chi connectivity index (χ3n) is 3.29. The van der Waals surface area contributed by atoms with E-state index in [9.17, 15) is 13.9 Å². The van der Waals surface area contributed by atoms with Crippen molar-refractivity contribution in [3.8, 4) is 11.8 Å². The highest BCUT2D eigenvalue weighted by molar-refractivity contribution is 5.46. The van der Waals surface area contributed by atoms with Gasteiger partial charge in [0.15, 0.2) is 0 Å². The fourth-order valence-electron chi connectivity index (χ4n) is 2.23. The summed E-state index contributed by atoms with van der Waals surface area (Å²) in [7, 11) is 0. The molecule has 2 N–H and O–H groups in total. The number of nitriles is 1. The Morgan fingerprint density at radius 3 is 2.63 bits per heavy atom. The summed E-state index contributed by atoms with van der Waals surface area (Å²) in [4.78, 5) is 0. The maximum Gasteiger partial charge on any atom is 0.387 e. The van der Waals surface area contributed by atoms with Gasteiger partial charge in [0.2, 0.25) is 0 Å². The van der Waals surface area contributed by atoms with E-state index < -0.39 is 12.2 Å². The third kappa shape index (κ3) is 3.00. The van der Waals surface area contributed by atoms with Gasteiger partial charge in [0.05, 0.1) is 11.2 Å². The standard InChI is InChI=1S/C13H14F2N2O2/c14-12(15)19-11-7-10(2-1-9(11)8-16)13(18)3-5-17-6-4-13/h1-2,7,12,17-18H,3-6H2. The van der Waals surface area contributed by atoms with Gasteiger partial charge in [-0.25, -0.2) is 0 Å². The van der Waals surface area contributed by atoms with Crippen LogP contribution in [0.4, 0.5) is 8.78 Å². The van der Waals surface area contributed by atoms with Crippen LogP contribution < -0.4 is 10.1 Å². The molecule has 1 aromatic rings. The number of ether oxygens (including phenoxy) is 1. The lowest BCUT2D eigenvalue weighted by Gasteiger charge is -2.33. The van der Waals surface area contributed by atoms with Crippen LogP contribution in [-0.4, -0.2) is 24.8 Å². The largest absolute Gasteiger partial charge is 0.433 e. The molecule has 0 radical (unpaired) electrons. The number of rotatable bonds is 3. The van der Waals surface area contributed by atoms with E-state index >= 15 is 0 Å². The molecule has 1 aromatic carbocycles. The predicted molar refractivity (Wildman–Crippen MR) is 63.8 cm³/mol. The molecule has 19 heavy (non-hydrogen) atoms. The first-order valence-corrected chi connectivity index (χ1v) is 5.98. The van der Waals surface area contributed by atoms with E-state index in [0.717, 1.165) is 0 Å². The number of aliphatic hydroxyl groups is 1. The minimum atomic E-state index is -3.00. The van der Waals surface area contributed by atoms with Gasteiger partial charge in [-0.1, -0.05) is 6.07 Å². The van der Waals surface area contributed by atoms with Crippen LogP contribution in [-0.2, 0) is 5.60 Å². The molecule has 1 fully saturated rings. The molecular weight excluding hydrogens is 254 g/mol. The minimum Gasteiger partial charge on any atom is -0.433 e. The van der Waals surface area contributed by atoms with E-state index in [-0.39, 0.29) is 11.3 Å². The minimum absolute atomic E-state index is 0.0292. The second-order valence-corrected chi connectivity index (χ2v) is 4.48. The number of hydrogen-bond donors (Lipinski definition) is 2. The second-order valence-electron chi connectivity index (χ2n) is 4.48. The number of nitrogens with one attached hydrogen (secondary N) is 1. The lowest BCUT2D eigenvalue weighted by atomic mass is 9.84. The molecule has 0 aliphatic carbocycles. The highest BCUT2D eigenvalue weighted by atomic mass is 19.3. The molecule has 0 bridgehead atoms. The molecule has 0 aromatic heterocycles. The van der Waals surface area contributed by atoms with Crippen molar-refractivity contribution in [3.63, 3.8) is 0 Å². The highest BCUT2D eigenvalue weighted by Gasteiger charge is 2.32. The Bertz CT molecular complexity index is 494. The number of nitrogens with zero attached hydrogens (tertiary/aromatic N) is 1. The summed E-state index contributed by atoms with van der Waals surface area (Å²) in [6, 6.07) is 6.10. The number of alkyl halides is 2. The molecule has 1 aliphatic rings. The van der Waals surface area contributed by atoms with Gasteiger partial charge in [-0.05, 0) is 43.6 Å². The summed E-state index contributed by atoms with van der Waals surface area (Å²) < 4.78 is 28.9. The molecule has 1 aliphatic heterocycles. The van der Waals surface area contributed by atoms with Crippen LogP contribution in [0.3, 0.4) is 0 Å². The van der Waals surface area contributed by atoms with Crippen molar-refractivity contribution in [2.24, 2.45) is 0 Å². The fourth-order valence-corrected chi connectivity index (χ4v) is 2.23. The average Bonchev–Trinajstić information content (AvgIpc) is 2.39. The first kappa shape index (κ1) is 13.7. The van der Waals surface area contributed by atoms with Crippen LogP contribution in [0, 0.1) is 11.3 Å². The first-order valence-electron chi connectivity index (χ1n) is 5.98. The van der Waals surface area contributed by atoms with Crippen LogP contribution >= 0.6 is 0 Å². The zero-order chi connectivity index (χ0) is 13.9. The molecule has 6 heteroatoms. The molecule has 0 atom stereocenters.